The van der Waals surface area contributed by atoms with Crippen molar-refractivity contribution in [2.45, 2.75) is 20.3 Å². The quantitative estimate of drug-likeness (QED) is 0.337. The van der Waals surface area contributed by atoms with Crippen LogP contribution in [0.1, 0.15) is 36.9 Å². The number of aryl methyl sites for hydroxylation is 2. The van der Waals surface area contributed by atoms with E-state index in [2.05, 4.69) is 26.2 Å². The number of fused-ring (bicyclic) bond motifs is 1. The number of rotatable bonds is 5. The second-order valence-electron chi connectivity index (χ2n) is 7.25. The molecule has 156 valence electrons. The van der Waals surface area contributed by atoms with Crippen molar-refractivity contribution in [2.75, 3.05) is 11.1 Å². The van der Waals surface area contributed by atoms with Crippen LogP contribution in [0.3, 0.4) is 0 Å². The number of hydrogen-bond donors (Lipinski definition) is 2. The van der Waals surface area contributed by atoms with Crippen LogP contribution in [0.4, 0.5) is 11.4 Å². The van der Waals surface area contributed by atoms with Gasteiger partial charge in [-0.05, 0) is 49.2 Å². The lowest BCUT2D eigenvalue weighted by molar-refractivity contribution is 0.0990. The molecule has 5 nitrogen and oxygen atoms in total. The minimum Gasteiger partial charge on any atom is -0.397 e. The van der Waals surface area contributed by atoms with E-state index < -0.39 is 0 Å². The first-order valence-corrected chi connectivity index (χ1v) is 11.3. The number of nitrogens with one attached hydrogen (secondary N) is 1. The summed E-state index contributed by atoms with van der Waals surface area (Å²) < 4.78 is 0.923. The van der Waals surface area contributed by atoms with Crippen LogP contribution in [0, 0.1) is 13.8 Å². The summed E-state index contributed by atoms with van der Waals surface area (Å²) in [5.74, 6) is -0.257. The van der Waals surface area contributed by atoms with Crippen LogP contribution in [0.25, 0.3) is 10.2 Å². The van der Waals surface area contributed by atoms with Crippen molar-refractivity contribution >= 4 is 60.5 Å². The van der Waals surface area contributed by atoms with Crippen LogP contribution in [-0.2, 0) is 6.42 Å². The molecule has 0 saturated carbocycles. The molecular weight excluding hydrogens is 474 g/mol. The monoisotopic (exact) mass is 493 g/mol. The SMILES string of the molecule is Cc1nc2sc(C(=O)Nc3ccccc3)c(N)c2c(C)c1CC(=O)c1ccc(Br)cc1. The van der Waals surface area contributed by atoms with Crippen LogP contribution in [-0.4, -0.2) is 16.7 Å². The lowest BCUT2D eigenvalue weighted by Crippen LogP contribution is -2.12. The van der Waals surface area contributed by atoms with Crippen LogP contribution >= 0.6 is 27.3 Å². The molecule has 0 radical (unpaired) electrons. The van der Waals surface area contributed by atoms with E-state index in [0.717, 1.165) is 26.7 Å². The first kappa shape index (κ1) is 21.2. The van der Waals surface area contributed by atoms with Gasteiger partial charge in [0.15, 0.2) is 5.78 Å². The Balaban J connectivity index is 1.69. The third-order valence-electron chi connectivity index (χ3n) is 5.20. The van der Waals surface area contributed by atoms with Gasteiger partial charge in [-0.15, -0.1) is 11.3 Å². The Hall–Kier alpha value is -3.03. The molecule has 0 atom stereocenters. The van der Waals surface area contributed by atoms with Crippen molar-refractivity contribution in [3.63, 3.8) is 0 Å². The number of para-hydroxylation sites is 1. The summed E-state index contributed by atoms with van der Waals surface area (Å²) in [5, 5.41) is 3.62. The van der Waals surface area contributed by atoms with Crippen molar-refractivity contribution in [2.24, 2.45) is 0 Å². The fourth-order valence-electron chi connectivity index (χ4n) is 3.55. The molecular formula is C24H20BrN3O2S. The zero-order valence-corrected chi connectivity index (χ0v) is 19.4. The summed E-state index contributed by atoms with van der Waals surface area (Å²) in [6.07, 6.45) is 0.225. The molecule has 2 heterocycles. The van der Waals surface area contributed by atoms with Crippen LogP contribution in [0.5, 0.6) is 0 Å². The number of nitrogens with two attached hydrogens (primary N) is 1. The number of carbonyl (C=O) groups is 2. The molecule has 3 N–H and O–H groups in total. The van der Waals surface area contributed by atoms with E-state index in [0.29, 0.717) is 26.6 Å². The number of aromatic nitrogens is 1. The second-order valence-corrected chi connectivity index (χ2v) is 9.17. The molecule has 0 spiro atoms. The van der Waals surface area contributed by atoms with E-state index in [4.69, 9.17) is 5.73 Å². The number of amides is 1. The summed E-state index contributed by atoms with van der Waals surface area (Å²) in [6, 6.07) is 16.5. The number of ketones is 1. The minimum absolute atomic E-state index is 0.00990. The van der Waals surface area contributed by atoms with Gasteiger partial charge in [0.25, 0.3) is 5.91 Å². The molecule has 0 fully saturated rings. The van der Waals surface area contributed by atoms with Gasteiger partial charge in [0.2, 0.25) is 0 Å². The highest BCUT2D eigenvalue weighted by molar-refractivity contribution is 9.10. The molecule has 2 aromatic carbocycles. The Morgan fingerprint density at radius 1 is 1.06 bits per heavy atom. The maximum Gasteiger partial charge on any atom is 0.267 e. The number of carbonyl (C=O) groups excluding carboxylic acids is 2. The maximum atomic E-state index is 12.8. The van der Waals surface area contributed by atoms with E-state index >= 15 is 0 Å². The third kappa shape index (κ3) is 4.24. The molecule has 0 unspecified atom stereocenters. The Labute approximate surface area is 192 Å². The van der Waals surface area contributed by atoms with Gasteiger partial charge in [0.1, 0.15) is 9.71 Å². The Bertz CT molecular complexity index is 1300. The van der Waals surface area contributed by atoms with Gasteiger partial charge in [0, 0.05) is 33.2 Å². The Morgan fingerprint density at radius 3 is 2.42 bits per heavy atom. The van der Waals surface area contributed by atoms with Gasteiger partial charge in [-0.2, -0.15) is 0 Å². The van der Waals surface area contributed by atoms with Gasteiger partial charge >= 0.3 is 0 Å². The van der Waals surface area contributed by atoms with Gasteiger partial charge in [-0.25, -0.2) is 4.98 Å². The highest BCUT2D eigenvalue weighted by Crippen LogP contribution is 2.37. The minimum atomic E-state index is -0.267. The maximum absolute atomic E-state index is 12.8. The van der Waals surface area contributed by atoms with Crippen molar-refractivity contribution in [3.05, 3.63) is 86.3 Å². The van der Waals surface area contributed by atoms with Crippen LogP contribution in [0.15, 0.2) is 59.1 Å². The molecule has 4 aromatic rings. The van der Waals surface area contributed by atoms with E-state index in [1.54, 1.807) is 12.1 Å². The lowest BCUT2D eigenvalue weighted by atomic mass is 9.96. The van der Waals surface area contributed by atoms with Crippen molar-refractivity contribution in [1.29, 1.82) is 0 Å². The average Bonchev–Trinajstić information content (AvgIpc) is 3.08. The van der Waals surface area contributed by atoms with E-state index in [1.807, 2.05) is 56.3 Å². The van der Waals surface area contributed by atoms with E-state index in [-0.39, 0.29) is 18.1 Å². The highest BCUT2D eigenvalue weighted by atomic mass is 79.9. The molecule has 2 aromatic heterocycles. The van der Waals surface area contributed by atoms with E-state index in [9.17, 15) is 9.59 Å². The molecule has 0 aliphatic heterocycles. The second kappa shape index (κ2) is 8.61. The molecule has 4 rings (SSSR count). The summed E-state index contributed by atoms with van der Waals surface area (Å²) in [4.78, 5) is 31.4. The first-order valence-electron chi connectivity index (χ1n) is 9.68. The number of benzene rings is 2. The van der Waals surface area contributed by atoms with Crippen LogP contribution in [0.2, 0.25) is 0 Å². The predicted molar refractivity (Wildman–Crippen MR) is 130 cm³/mol. The van der Waals surface area contributed by atoms with Gasteiger partial charge in [-0.3, -0.25) is 9.59 Å². The van der Waals surface area contributed by atoms with Crippen LogP contribution < -0.4 is 11.1 Å². The van der Waals surface area contributed by atoms with Gasteiger partial charge < -0.3 is 11.1 Å². The fourth-order valence-corrected chi connectivity index (χ4v) is 4.91. The highest BCUT2D eigenvalue weighted by Gasteiger charge is 2.22. The largest absolute Gasteiger partial charge is 0.397 e. The average molecular weight is 494 g/mol. The van der Waals surface area contributed by atoms with Gasteiger partial charge in [-0.1, -0.05) is 46.3 Å². The Morgan fingerprint density at radius 2 is 1.74 bits per heavy atom. The summed E-state index contributed by atoms with van der Waals surface area (Å²) in [6.45, 7) is 3.82. The molecule has 0 saturated heterocycles. The number of halogens is 1. The molecule has 0 aliphatic carbocycles. The topological polar surface area (TPSA) is 85.1 Å². The molecule has 31 heavy (non-hydrogen) atoms. The number of anilines is 2. The third-order valence-corrected chi connectivity index (χ3v) is 6.83. The van der Waals surface area contributed by atoms with Crippen molar-refractivity contribution < 1.29 is 9.59 Å². The predicted octanol–water partition coefficient (Wildman–Crippen LogP) is 5.94. The zero-order valence-electron chi connectivity index (χ0n) is 17.0. The first-order chi connectivity index (χ1) is 14.8. The number of nitrogen functional groups attached to an aromatic ring is 1. The van der Waals surface area contributed by atoms with Crippen molar-refractivity contribution in [3.8, 4) is 0 Å². The number of pyridine rings is 1. The van der Waals surface area contributed by atoms with Crippen molar-refractivity contribution in [1.82, 2.24) is 4.98 Å². The Kier molecular flexibility index (Phi) is 5.89. The lowest BCUT2D eigenvalue weighted by Gasteiger charge is -2.11. The molecule has 0 bridgehead atoms. The molecule has 1 amide bonds. The van der Waals surface area contributed by atoms with Gasteiger partial charge in [0.05, 0.1) is 5.69 Å². The molecule has 7 heteroatoms. The summed E-state index contributed by atoms with van der Waals surface area (Å²) in [7, 11) is 0. The molecule has 0 aliphatic rings. The fraction of sp³-hybridized carbons (Fsp3) is 0.125. The summed E-state index contributed by atoms with van der Waals surface area (Å²) >= 11 is 4.65. The summed E-state index contributed by atoms with van der Waals surface area (Å²) in [5.41, 5.74) is 10.6. The number of thiophene rings is 1. The normalized spacial score (nSPS) is 10.9. The number of Topliss-reactive ketones (excluding diaryl/α,β-unsaturated/α-hetero) is 1. The van der Waals surface area contributed by atoms with E-state index in [1.165, 1.54) is 11.3 Å². The standard InChI is InChI=1S/C24H20BrN3O2S/c1-13-18(12-19(29)15-8-10-16(25)11-9-15)14(2)27-24-20(13)21(26)22(31-24)23(30)28-17-6-4-3-5-7-17/h3-11H,12,26H2,1-2H3,(H,28,30). The smallest absolute Gasteiger partial charge is 0.267 e. The number of nitrogens with zero attached hydrogens (tertiary/aromatic N) is 1. The number of hydrogen-bond acceptors (Lipinski definition) is 5. The zero-order chi connectivity index (χ0) is 22.1.